The van der Waals surface area contributed by atoms with E-state index in [9.17, 15) is 8.42 Å². The Labute approximate surface area is 117 Å². The molecule has 2 N–H and O–H groups in total. The van der Waals surface area contributed by atoms with E-state index >= 15 is 0 Å². The van der Waals surface area contributed by atoms with Crippen molar-refractivity contribution in [1.29, 1.82) is 0 Å². The van der Waals surface area contributed by atoms with Gasteiger partial charge in [-0.25, -0.2) is 13.4 Å². The van der Waals surface area contributed by atoms with Crippen LogP contribution in [0.5, 0.6) is 0 Å². The number of hydrogen-bond acceptors (Lipinski definition) is 5. The Morgan fingerprint density at radius 3 is 2.95 bits per heavy atom. The molecule has 7 heteroatoms. The SMILES string of the molecule is CC(NC1CCS(=O)(=O)c2ccccc21)c1ncn[nH]1. The van der Waals surface area contributed by atoms with E-state index < -0.39 is 9.84 Å². The number of nitrogens with zero attached hydrogens (tertiary/aromatic N) is 2. The van der Waals surface area contributed by atoms with Crippen LogP contribution in [0, 0.1) is 0 Å². The molecule has 0 fully saturated rings. The molecule has 0 spiro atoms. The summed E-state index contributed by atoms with van der Waals surface area (Å²) >= 11 is 0. The molecule has 0 amide bonds. The van der Waals surface area contributed by atoms with Crippen LogP contribution in [-0.2, 0) is 9.84 Å². The summed E-state index contributed by atoms with van der Waals surface area (Å²) in [6.07, 6.45) is 2.03. The summed E-state index contributed by atoms with van der Waals surface area (Å²) in [5.41, 5.74) is 0.838. The molecule has 0 bridgehead atoms. The summed E-state index contributed by atoms with van der Waals surface area (Å²) in [5, 5.41) is 10.1. The molecular formula is C13H16N4O2S. The van der Waals surface area contributed by atoms with Gasteiger partial charge in [0.25, 0.3) is 0 Å². The first-order valence-corrected chi connectivity index (χ1v) is 8.16. The van der Waals surface area contributed by atoms with Gasteiger partial charge in [0.1, 0.15) is 12.2 Å². The first-order valence-electron chi connectivity index (χ1n) is 6.51. The van der Waals surface area contributed by atoms with E-state index in [2.05, 4.69) is 20.5 Å². The van der Waals surface area contributed by atoms with E-state index in [0.29, 0.717) is 11.3 Å². The maximum absolute atomic E-state index is 12.1. The van der Waals surface area contributed by atoms with Gasteiger partial charge in [0.05, 0.1) is 16.7 Å². The van der Waals surface area contributed by atoms with E-state index in [1.807, 2.05) is 19.1 Å². The van der Waals surface area contributed by atoms with Crippen molar-refractivity contribution in [3.05, 3.63) is 42.0 Å². The van der Waals surface area contributed by atoms with Crippen LogP contribution in [0.25, 0.3) is 0 Å². The number of hydrogen-bond donors (Lipinski definition) is 2. The molecule has 20 heavy (non-hydrogen) atoms. The predicted octanol–water partition coefficient (Wildman–Crippen LogP) is 1.37. The van der Waals surface area contributed by atoms with E-state index in [4.69, 9.17) is 0 Å². The molecule has 3 rings (SSSR count). The standard InChI is InChI=1S/C13H16N4O2S/c1-9(13-14-8-15-17-13)16-11-6-7-20(18,19)12-5-3-2-4-10(11)12/h2-5,8-9,11,16H,6-7H2,1H3,(H,14,15,17). The van der Waals surface area contributed by atoms with E-state index in [1.165, 1.54) is 6.33 Å². The Bertz CT molecular complexity index is 697. The van der Waals surface area contributed by atoms with Crippen LogP contribution in [0.3, 0.4) is 0 Å². The third-order valence-corrected chi connectivity index (χ3v) is 5.41. The number of benzene rings is 1. The lowest BCUT2D eigenvalue weighted by molar-refractivity contribution is 0.430. The minimum absolute atomic E-state index is 0.00910. The quantitative estimate of drug-likeness (QED) is 0.892. The van der Waals surface area contributed by atoms with Gasteiger partial charge in [0.15, 0.2) is 9.84 Å². The normalized spacial score (nSPS) is 22.1. The number of sulfone groups is 1. The van der Waals surface area contributed by atoms with Gasteiger partial charge in [-0.15, -0.1) is 0 Å². The Balaban J connectivity index is 1.89. The number of rotatable bonds is 3. The van der Waals surface area contributed by atoms with Crippen molar-refractivity contribution >= 4 is 9.84 Å². The van der Waals surface area contributed by atoms with Gasteiger partial charge in [-0.3, -0.25) is 5.10 Å². The second-order valence-electron chi connectivity index (χ2n) is 4.96. The van der Waals surface area contributed by atoms with Crippen molar-refractivity contribution in [3.8, 4) is 0 Å². The van der Waals surface area contributed by atoms with Gasteiger partial charge in [0.2, 0.25) is 0 Å². The summed E-state index contributed by atoms with van der Waals surface area (Å²) in [4.78, 5) is 4.56. The fourth-order valence-corrected chi connectivity index (χ4v) is 4.19. The highest BCUT2D eigenvalue weighted by Crippen LogP contribution is 2.33. The van der Waals surface area contributed by atoms with Crippen LogP contribution >= 0.6 is 0 Å². The number of nitrogens with one attached hydrogen (secondary N) is 2. The minimum Gasteiger partial charge on any atom is -0.301 e. The molecule has 1 aromatic heterocycles. The van der Waals surface area contributed by atoms with Crippen molar-refractivity contribution in [1.82, 2.24) is 20.5 Å². The summed E-state index contributed by atoms with van der Waals surface area (Å²) in [7, 11) is -3.14. The minimum atomic E-state index is -3.14. The fourth-order valence-electron chi connectivity index (χ4n) is 2.57. The van der Waals surface area contributed by atoms with E-state index in [1.54, 1.807) is 12.1 Å². The average Bonchev–Trinajstić information content (AvgIpc) is 2.96. The molecule has 0 radical (unpaired) electrons. The van der Waals surface area contributed by atoms with Crippen LogP contribution in [0.15, 0.2) is 35.5 Å². The van der Waals surface area contributed by atoms with E-state index in [0.717, 1.165) is 11.4 Å². The molecule has 1 aromatic carbocycles. The molecule has 0 saturated carbocycles. The van der Waals surface area contributed by atoms with Crippen molar-refractivity contribution in [2.24, 2.45) is 0 Å². The molecule has 1 aliphatic heterocycles. The van der Waals surface area contributed by atoms with Gasteiger partial charge in [-0.1, -0.05) is 18.2 Å². The molecule has 6 nitrogen and oxygen atoms in total. The third kappa shape index (κ3) is 2.34. The van der Waals surface area contributed by atoms with Crippen LogP contribution in [0.2, 0.25) is 0 Å². The second kappa shape index (κ2) is 4.99. The van der Waals surface area contributed by atoms with Gasteiger partial charge in [0, 0.05) is 6.04 Å². The lowest BCUT2D eigenvalue weighted by Gasteiger charge is -2.28. The lowest BCUT2D eigenvalue weighted by atomic mass is 10.0. The maximum atomic E-state index is 12.1. The highest BCUT2D eigenvalue weighted by atomic mass is 32.2. The molecule has 2 atom stereocenters. The summed E-state index contributed by atoms with van der Waals surface area (Å²) < 4.78 is 24.2. The Kier molecular flexibility index (Phi) is 3.31. The van der Waals surface area contributed by atoms with Crippen molar-refractivity contribution < 1.29 is 8.42 Å². The zero-order chi connectivity index (χ0) is 14.2. The average molecular weight is 292 g/mol. The number of fused-ring (bicyclic) bond motifs is 1. The van der Waals surface area contributed by atoms with Crippen LogP contribution < -0.4 is 5.32 Å². The first-order chi connectivity index (χ1) is 9.58. The zero-order valence-corrected chi connectivity index (χ0v) is 11.9. The first kappa shape index (κ1) is 13.3. The van der Waals surface area contributed by atoms with Gasteiger partial charge in [-0.05, 0) is 25.0 Å². The predicted molar refractivity (Wildman–Crippen MR) is 73.8 cm³/mol. The molecule has 2 heterocycles. The number of aromatic amines is 1. The molecule has 1 aliphatic rings. The van der Waals surface area contributed by atoms with Gasteiger partial charge >= 0.3 is 0 Å². The zero-order valence-electron chi connectivity index (χ0n) is 11.1. The Morgan fingerprint density at radius 2 is 2.20 bits per heavy atom. The van der Waals surface area contributed by atoms with Crippen LogP contribution in [0.4, 0.5) is 0 Å². The summed E-state index contributed by atoms with van der Waals surface area (Å²) in [6, 6.07) is 7.17. The van der Waals surface area contributed by atoms with Crippen molar-refractivity contribution in [3.63, 3.8) is 0 Å². The van der Waals surface area contributed by atoms with Crippen molar-refractivity contribution in [2.45, 2.75) is 30.3 Å². The lowest BCUT2D eigenvalue weighted by Crippen LogP contribution is -2.31. The molecular weight excluding hydrogens is 276 g/mol. The summed E-state index contributed by atoms with van der Waals surface area (Å²) in [5.74, 6) is 0.918. The van der Waals surface area contributed by atoms with Crippen LogP contribution in [0.1, 0.15) is 36.8 Å². The second-order valence-corrected chi connectivity index (χ2v) is 7.03. The van der Waals surface area contributed by atoms with Crippen molar-refractivity contribution in [2.75, 3.05) is 5.75 Å². The number of aromatic nitrogens is 3. The molecule has 2 unspecified atom stereocenters. The highest BCUT2D eigenvalue weighted by molar-refractivity contribution is 7.91. The largest absolute Gasteiger partial charge is 0.301 e. The summed E-state index contributed by atoms with van der Waals surface area (Å²) in [6.45, 7) is 1.98. The Morgan fingerprint density at radius 1 is 1.40 bits per heavy atom. The molecule has 106 valence electrons. The maximum Gasteiger partial charge on any atom is 0.178 e. The fraction of sp³-hybridized carbons (Fsp3) is 0.385. The Hall–Kier alpha value is -1.73. The molecule has 0 aliphatic carbocycles. The number of H-pyrrole nitrogens is 1. The smallest absolute Gasteiger partial charge is 0.178 e. The van der Waals surface area contributed by atoms with Crippen LogP contribution in [-0.4, -0.2) is 29.4 Å². The van der Waals surface area contributed by atoms with Gasteiger partial charge in [-0.2, -0.15) is 5.10 Å². The highest BCUT2D eigenvalue weighted by Gasteiger charge is 2.30. The molecule has 2 aromatic rings. The molecule has 0 saturated heterocycles. The third-order valence-electron chi connectivity index (χ3n) is 3.60. The van der Waals surface area contributed by atoms with E-state index in [-0.39, 0.29) is 17.8 Å². The van der Waals surface area contributed by atoms with Gasteiger partial charge < -0.3 is 5.32 Å². The monoisotopic (exact) mass is 292 g/mol. The topological polar surface area (TPSA) is 87.7 Å².